The smallest absolute Gasteiger partial charge is 0.363 e. The maximum absolute atomic E-state index is 14.4. The highest BCUT2D eigenvalue weighted by molar-refractivity contribution is 6.08. The molecule has 4 rings (SSSR count). The molecule has 3 heterocycles. The van der Waals surface area contributed by atoms with Gasteiger partial charge in [0.2, 0.25) is 0 Å². The number of aromatic nitrogens is 2. The summed E-state index contributed by atoms with van der Waals surface area (Å²) in [5, 5.41) is 3.79. The van der Waals surface area contributed by atoms with Crippen LogP contribution in [0.25, 0.3) is 21.8 Å². The van der Waals surface area contributed by atoms with Crippen molar-refractivity contribution < 1.29 is 26.5 Å². The number of rotatable bonds is 1. The normalized spacial score (nSPS) is 16.8. The lowest BCUT2D eigenvalue weighted by Crippen LogP contribution is -2.44. The SMILES string of the molecule is CN1CCN(c2nc3c(F)c(F)c(C(F)(F)F)cc3c3conc23)CC1. The van der Waals surface area contributed by atoms with Gasteiger partial charge in [0.25, 0.3) is 0 Å². The van der Waals surface area contributed by atoms with Crippen LogP contribution < -0.4 is 4.90 Å². The molecule has 0 amide bonds. The molecule has 1 saturated heterocycles. The number of piperazine rings is 1. The van der Waals surface area contributed by atoms with E-state index in [4.69, 9.17) is 4.52 Å². The predicted molar refractivity (Wildman–Crippen MR) is 83.9 cm³/mol. The average Bonchev–Trinajstić information content (AvgIpc) is 3.07. The predicted octanol–water partition coefficient (Wildman–Crippen LogP) is 3.42. The molecule has 3 aromatic rings. The molecule has 0 bridgehead atoms. The highest BCUT2D eigenvalue weighted by Crippen LogP contribution is 2.39. The fourth-order valence-electron chi connectivity index (χ4n) is 3.12. The Morgan fingerprint density at radius 1 is 1.00 bits per heavy atom. The molecule has 1 fully saturated rings. The molecule has 0 spiro atoms. The second-order valence-electron chi connectivity index (χ2n) is 6.25. The largest absolute Gasteiger partial charge is 0.419 e. The van der Waals surface area contributed by atoms with Crippen LogP contribution in [0, 0.1) is 11.6 Å². The zero-order valence-electron chi connectivity index (χ0n) is 13.6. The minimum Gasteiger partial charge on any atom is -0.363 e. The monoisotopic (exact) mass is 372 g/mol. The number of nitrogens with zero attached hydrogens (tertiary/aromatic N) is 4. The molecular formula is C16H13F5N4O. The first-order valence-corrected chi connectivity index (χ1v) is 7.84. The molecule has 1 aromatic carbocycles. The van der Waals surface area contributed by atoms with Crippen LogP contribution >= 0.6 is 0 Å². The zero-order valence-corrected chi connectivity index (χ0v) is 13.6. The van der Waals surface area contributed by atoms with Gasteiger partial charge in [-0.25, -0.2) is 13.8 Å². The molecule has 138 valence electrons. The molecule has 0 N–H and O–H groups in total. The van der Waals surface area contributed by atoms with Crippen LogP contribution in [0.1, 0.15) is 5.56 Å². The van der Waals surface area contributed by atoms with Gasteiger partial charge in [-0.2, -0.15) is 13.2 Å². The zero-order chi connectivity index (χ0) is 18.6. The van der Waals surface area contributed by atoms with Crippen LogP contribution in [0.4, 0.5) is 27.8 Å². The van der Waals surface area contributed by atoms with Gasteiger partial charge < -0.3 is 14.3 Å². The van der Waals surface area contributed by atoms with E-state index in [9.17, 15) is 22.0 Å². The average molecular weight is 372 g/mol. The Labute approximate surface area is 144 Å². The highest BCUT2D eigenvalue weighted by Gasteiger charge is 2.37. The van der Waals surface area contributed by atoms with Crippen LogP contribution in [0.3, 0.4) is 0 Å². The van der Waals surface area contributed by atoms with E-state index in [0.717, 1.165) is 19.4 Å². The van der Waals surface area contributed by atoms with Gasteiger partial charge >= 0.3 is 6.18 Å². The van der Waals surface area contributed by atoms with Crippen molar-refractivity contribution in [2.45, 2.75) is 6.18 Å². The summed E-state index contributed by atoms with van der Waals surface area (Å²) in [5.41, 5.74) is -1.93. The Hall–Kier alpha value is -2.49. The van der Waals surface area contributed by atoms with E-state index in [1.165, 1.54) is 0 Å². The number of halogens is 5. The van der Waals surface area contributed by atoms with E-state index in [-0.39, 0.29) is 22.1 Å². The van der Waals surface area contributed by atoms with Crippen molar-refractivity contribution in [1.29, 1.82) is 0 Å². The summed E-state index contributed by atoms with van der Waals surface area (Å²) in [6.45, 7) is 2.59. The van der Waals surface area contributed by atoms with Crippen molar-refractivity contribution in [3.05, 3.63) is 29.5 Å². The Balaban J connectivity index is 1.99. The lowest BCUT2D eigenvalue weighted by atomic mass is 10.1. The molecular weight excluding hydrogens is 359 g/mol. The lowest BCUT2D eigenvalue weighted by Gasteiger charge is -2.33. The second kappa shape index (κ2) is 5.76. The van der Waals surface area contributed by atoms with E-state index < -0.39 is 28.9 Å². The van der Waals surface area contributed by atoms with Gasteiger partial charge in [-0.3, -0.25) is 0 Å². The first kappa shape index (κ1) is 17.0. The topological polar surface area (TPSA) is 45.4 Å². The lowest BCUT2D eigenvalue weighted by molar-refractivity contribution is -0.140. The molecule has 0 atom stereocenters. The minimum atomic E-state index is -5.03. The molecule has 0 unspecified atom stereocenters. The number of hydrogen-bond donors (Lipinski definition) is 0. The first-order chi connectivity index (χ1) is 12.3. The van der Waals surface area contributed by atoms with Crippen molar-refractivity contribution in [3.8, 4) is 0 Å². The molecule has 2 aromatic heterocycles. The number of likely N-dealkylation sites (N-methyl/N-ethyl adjacent to an activating group) is 1. The Morgan fingerprint density at radius 2 is 1.69 bits per heavy atom. The van der Waals surface area contributed by atoms with E-state index in [2.05, 4.69) is 15.0 Å². The van der Waals surface area contributed by atoms with Crippen molar-refractivity contribution in [3.63, 3.8) is 0 Å². The molecule has 0 saturated carbocycles. The fraction of sp³-hybridized carbons (Fsp3) is 0.375. The number of fused-ring (bicyclic) bond motifs is 3. The minimum absolute atomic E-state index is 0.160. The van der Waals surface area contributed by atoms with Gasteiger partial charge in [-0.1, -0.05) is 5.16 Å². The summed E-state index contributed by atoms with van der Waals surface area (Å²) < 4.78 is 72.3. The Kier molecular flexibility index (Phi) is 3.76. The highest BCUT2D eigenvalue weighted by atomic mass is 19.4. The van der Waals surface area contributed by atoms with Gasteiger partial charge in [0, 0.05) is 31.6 Å². The van der Waals surface area contributed by atoms with Crippen molar-refractivity contribution >= 4 is 27.6 Å². The first-order valence-electron chi connectivity index (χ1n) is 7.84. The van der Waals surface area contributed by atoms with E-state index in [1.807, 2.05) is 11.9 Å². The maximum Gasteiger partial charge on any atom is 0.419 e. The summed E-state index contributed by atoms with van der Waals surface area (Å²) >= 11 is 0. The summed E-state index contributed by atoms with van der Waals surface area (Å²) in [4.78, 5) is 8.03. The Bertz CT molecular complexity index is 992. The van der Waals surface area contributed by atoms with Crippen LogP contribution in [0.15, 0.2) is 16.9 Å². The summed E-state index contributed by atoms with van der Waals surface area (Å²) in [6.07, 6.45) is -3.91. The third-order valence-corrected chi connectivity index (χ3v) is 4.58. The number of anilines is 1. The third-order valence-electron chi connectivity index (χ3n) is 4.58. The molecule has 5 nitrogen and oxygen atoms in total. The van der Waals surface area contributed by atoms with Crippen LogP contribution in [-0.2, 0) is 6.18 Å². The number of pyridine rings is 1. The van der Waals surface area contributed by atoms with Crippen LogP contribution in [0.5, 0.6) is 0 Å². The maximum atomic E-state index is 14.4. The van der Waals surface area contributed by atoms with E-state index >= 15 is 0 Å². The standard InChI is InChI=1S/C16H13F5N4O/c1-24-2-4-25(5-3-24)15-14-9(7-26-23-14)8-6-10(16(19,20)21)11(17)12(18)13(8)22-15/h6-7H,2-5H2,1H3. The van der Waals surface area contributed by atoms with Crippen LogP contribution in [0.2, 0.25) is 0 Å². The molecule has 1 aliphatic rings. The molecule has 10 heteroatoms. The quantitative estimate of drug-likeness (QED) is 0.613. The fourth-order valence-corrected chi connectivity index (χ4v) is 3.12. The molecule has 1 aliphatic heterocycles. The Morgan fingerprint density at radius 3 is 2.35 bits per heavy atom. The van der Waals surface area contributed by atoms with Gasteiger partial charge in [-0.15, -0.1) is 0 Å². The molecule has 0 radical (unpaired) electrons. The number of alkyl halides is 3. The van der Waals surface area contributed by atoms with E-state index in [0.29, 0.717) is 19.2 Å². The van der Waals surface area contributed by atoms with Crippen molar-refractivity contribution in [2.75, 3.05) is 38.1 Å². The van der Waals surface area contributed by atoms with Gasteiger partial charge in [0.05, 0.1) is 10.9 Å². The van der Waals surface area contributed by atoms with Crippen molar-refractivity contribution in [2.24, 2.45) is 0 Å². The van der Waals surface area contributed by atoms with Gasteiger partial charge in [0.15, 0.2) is 23.0 Å². The van der Waals surface area contributed by atoms with Crippen LogP contribution in [-0.4, -0.2) is 48.3 Å². The summed E-state index contributed by atoms with van der Waals surface area (Å²) in [6, 6.07) is 0.550. The summed E-state index contributed by atoms with van der Waals surface area (Å²) in [5.74, 6) is -3.32. The molecule has 26 heavy (non-hydrogen) atoms. The van der Waals surface area contributed by atoms with E-state index in [1.54, 1.807) is 0 Å². The van der Waals surface area contributed by atoms with Gasteiger partial charge in [-0.05, 0) is 13.1 Å². The van der Waals surface area contributed by atoms with Crippen molar-refractivity contribution in [1.82, 2.24) is 15.0 Å². The molecule has 0 aliphatic carbocycles. The number of hydrogen-bond acceptors (Lipinski definition) is 5. The second-order valence-corrected chi connectivity index (χ2v) is 6.25. The summed E-state index contributed by atoms with van der Waals surface area (Å²) in [7, 11) is 1.95. The number of benzene rings is 1. The third kappa shape index (κ3) is 2.56. The van der Waals surface area contributed by atoms with Gasteiger partial charge in [0.1, 0.15) is 11.8 Å².